The molecular formula is C15H14BrNO4. The lowest BCUT2D eigenvalue weighted by atomic mass is 10.2. The number of anilines is 1. The lowest BCUT2D eigenvalue weighted by molar-refractivity contribution is -0.119. The molecule has 21 heavy (non-hydrogen) atoms. The predicted molar refractivity (Wildman–Crippen MR) is 81.2 cm³/mol. The fourth-order valence-electron chi connectivity index (χ4n) is 1.73. The van der Waals surface area contributed by atoms with E-state index in [1.54, 1.807) is 19.1 Å². The number of amides is 1. The average molecular weight is 352 g/mol. The number of esters is 1. The molecule has 1 amide bonds. The fourth-order valence-corrected chi connectivity index (χ4v) is 2.21. The van der Waals surface area contributed by atoms with Crippen molar-refractivity contribution in [3.8, 4) is 0 Å². The first-order valence-corrected chi connectivity index (χ1v) is 7.04. The van der Waals surface area contributed by atoms with Crippen LogP contribution in [0.2, 0.25) is 0 Å². The molecule has 0 aliphatic rings. The molecule has 0 fully saturated rings. The quantitative estimate of drug-likeness (QED) is 0.856. The van der Waals surface area contributed by atoms with Gasteiger partial charge in [0, 0.05) is 15.7 Å². The minimum absolute atomic E-state index is 0.114. The minimum Gasteiger partial charge on any atom is -0.457 e. The normalized spacial score (nSPS) is 10.2. The first-order valence-electron chi connectivity index (χ1n) is 6.24. The van der Waals surface area contributed by atoms with Gasteiger partial charge in [-0.3, -0.25) is 4.79 Å². The summed E-state index contributed by atoms with van der Waals surface area (Å²) in [7, 11) is 0. The zero-order valence-electron chi connectivity index (χ0n) is 11.6. The van der Waals surface area contributed by atoms with Crippen LogP contribution in [0.1, 0.15) is 21.7 Å². The standard InChI is InChI=1S/C15H14BrNO4/c1-9-5-6-20-14(9)15(19)21-8-13(18)17-12-4-3-11(16)7-10(12)2/h3-7H,8H2,1-2H3,(H,17,18). The third kappa shape index (κ3) is 3.95. The second-order valence-corrected chi connectivity index (χ2v) is 5.43. The van der Waals surface area contributed by atoms with Gasteiger partial charge >= 0.3 is 5.97 Å². The summed E-state index contributed by atoms with van der Waals surface area (Å²) in [5.41, 5.74) is 2.25. The topological polar surface area (TPSA) is 68.5 Å². The molecule has 0 saturated carbocycles. The predicted octanol–water partition coefficient (Wildman–Crippen LogP) is 3.45. The van der Waals surface area contributed by atoms with E-state index in [1.807, 2.05) is 19.1 Å². The van der Waals surface area contributed by atoms with Crippen LogP contribution in [0, 0.1) is 13.8 Å². The van der Waals surface area contributed by atoms with Gasteiger partial charge in [-0.1, -0.05) is 15.9 Å². The maximum atomic E-state index is 11.8. The zero-order chi connectivity index (χ0) is 15.4. The fraction of sp³-hybridized carbons (Fsp3) is 0.200. The molecule has 0 saturated heterocycles. The van der Waals surface area contributed by atoms with Crippen LogP contribution in [0.3, 0.4) is 0 Å². The molecule has 2 aromatic rings. The molecule has 6 heteroatoms. The van der Waals surface area contributed by atoms with E-state index in [2.05, 4.69) is 21.2 Å². The number of hydrogen-bond acceptors (Lipinski definition) is 4. The second kappa shape index (κ2) is 6.58. The molecule has 110 valence electrons. The molecule has 1 heterocycles. The van der Waals surface area contributed by atoms with E-state index in [9.17, 15) is 9.59 Å². The van der Waals surface area contributed by atoms with Crippen molar-refractivity contribution in [1.82, 2.24) is 0 Å². The third-order valence-electron chi connectivity index (χ3n) is 2.84. The van der Waals surface area contributed by atoms with Crippen LogP contribution in [-0.2, 0) is 9.53 Å². The summed E-state index contributed by atoms with van der Waals surface area (Å²) in [6.45, 7) is 3.23. The first-order chi connectivity index (χ1) is 9.97. The Morgan fingerprint density at radius 1 is 1.24 bits per heavy atom. The van der Waals surface area contributed by atoms with Gasteiger partial charge in [-0.25, -0.2) is 4.79 Å². The van der Waals surface area contributed by atoms with Crippen molar-refractivity contribution in [3.63, 3.8) is 0 Å². The van der Waals surface area contributed by atoms with E-state index in [-0.39, 0.29) is 12.4 Å². The number of carbonyl (C=O) groups is 2. The summed E-state index contributed by atoms with van der Waals surface area (Å²) in [6, 6.07) is 7.13. The van der Waals surface area contributed by atoms with Crippen molar-refractivity contribution < 1.29 is 18.7 Å². The van der Waals surface area contributed by atoms with E-state index in [0.29, 0.717) is 11.3 Å². The van der Waals surface area contributed by atoms with Gasteiger partial charge in [-0.15, -0.1) is 0 Å². The number of rotatable bonds is 4. The molecule has 0 bridgehead atoms. The SMILES string of the molecule is Cc1cc(Br)ccc1NC(=O)COC(=O)c1occc1C. The van der Waals surface area contributed by atoms with Gasteiger partial charge in [0.2, 0.25) is 5.76 Å². The summed E-state index contributed by atoms with van der Waals surface area (Å²) < 4.78 is 10.8. The van der Waals surface area contributed by atoms with Crippen LogP contribution in [0.4, 0.5) is 5.69 Å². The number of nitrogens with one attached hydrogen (secondary N) is 1. The van der Waals surface area contributed by atoms with Gasteiger partial charge in [0.05, 0.1) is 6.26 Å². The average Bonchev–Trinajstić information content (AvgIpc) is 2.85. The summed E-state index contributed by atoms with van der Waals surface area (Å²) in [4.78, 5) is 23.5. The summed E-state index contributed by atoms with van der Waals surface area (Å²) >= 11 is 3.35. The van der Waals surface area contributed by atoms with Gasteiger partial charge in [0.1, 0.15) is 0 Å². The number of carbonyl (C=O) groups excluding carboxylic acids is 2. The van der Waals surface area contributed by atoms with E-state index < -0.39 is 11.9 Å². The monoisotopic (exact) mass is 351 g/mol. The van der Waals surface area contributed by atoms with E-state index >= 15 is 0 Å². The number of hydrogen-bond donors (Lipinski definition) is 1. The molecule has 0 radical (unpaired) electrons. The molecule has 0 unspecified atom stereocenters. The largest absolute Gasteiger partial charge is 0.457 e. The number of ether oxygens (including phenoxy) is 1. The second-order valence-electron chi connectivity index (χ2n) is 4.52. The molecule has 2 rings (SSSR count). The Morgan fingerprint density at radius 3 is 2.62 bits per heavy atom. The summed E-state index contributed by atoms with van der Waals surface area (Å²) in [5.74, 6) is -0.944. The van der Waals surface area contributed by atoms with Crippen LogP contribution in [-0.4, -0.2) is 18.5 Å². The van der Waals surface area contributed by atoms with Crippen LogP contribution in [0.25, 0.3) is 0 Å². The maximum absolute atomic E-state index is 11.8. The molecule has 1 aromatic carbocycles. The molecule has 0 spiro atoms. The van der Waals surface area contributed by atoms with Gasteiger partial charge < -0.3 is 14.5 Å². The van der Waals surface area contributed by atoms with Crippen LogP contribution >= 0.6 is 15.9 Å². The van der Waals surface area contributed by atoms with Crippen molar-refractivity contribution in [2.24, 2.45) is 0 Å². The van der Waals surface area contributed by atoms with Crippen molar-refractivity contribution in [2.45, 2.75) is 13.8 Å². The van der Waals surface area contributed by atoms with E-state index in [4.69, 9.17) is 9.15 Å². The van der Waals surface area contributed by atoms with E-state index in [1.165, 1.54) is 6.26 Å². The van der Waals surface area contributed by atoms with Crippen molar-refractivity contribution in [1.29, 1.82) is 0 Å². The Bertz CT molecular complexity index is 678. The number of benzene rings is 1. The summed E-state index contributed by atoms with van der Waals surface area (Å²) in [6.07, 6.45) is 1.40. The van der Waals surface area contributed by atoms with E-state index in [0.717, 1.165) is 10.0 Å². The smallest absolute Gasteiger partial charge is 0.375 e. The lowest BCUT2D eigenvalue weighted by Gasteiger charge is -2.09. The van der Waals surface area contributed by atoms with Crippen LogP contribution in [0.15, 0.2) is 39.4 Å². The highest BCUT2D eigenvalue weighted by Crippen LogP contribution is 2.20. The molecule has 1 N–H and O–H groups in total. The Kier molecular flexibility index (Phi) is 4.80. The molecule has 5 nitrogen and oxygen atoms in total. The molecule has 0 atom stereocenters. The lowest BCUT2D eigenvalue weighted by Crippen LogP contribution is -2.21. The van der Waals surface area contributed by atoms with Gasteiger partial charge in [-0.2, -0.15) is 0 Å². The number of furan rings is 1. The van der Waals surface area contributed by atoms with Gasteiger partial charge in [0.15, 0.2) is 6.61 Å². The van der Waals surface area contributed by atoms with Crippen molar-refractivity contribution in [3.05, 3.63) is 51.9 Å². The summed E-state index contributed by atoms with van der Waals surface area (Å²) in [5, 5.41) is 2.69. The molecule has 0 aliphatic heterocycles. The highest BCUT2D eigenvalue weighted by atomic mass is 79.9. The third-order valence-corrected chi connectivity index (χ3v) is 3.34. The highest BCUT2D eigenvalue weighted by molar-refractivity contribution is 9.10. The highest BCUT2D eigenvalue weighted by Gasteiger charge is 2.16. The van der Waals surface area contributed by atoms with Crippen molar-refractivity contribution >= 4 is 33.5 Å². The molecular weight excluding hydrogens is 338 g/mol. The Morgan fingerprint density at radius 2 is 2.00 bits per heavy atom. The van der Waals surface area contributed by atoms with Crippen molar-refractivity contribution in [2.75, 3.05) is 11.9 Å². The molecule has 1 aromatic heterocycles. The Balaban J connectivity index is 1.90. The van der Waals surface area contributed by atoms with Crippen LogP contribution in [0.5, 0.6) is 0 Å². The Labute approximate surface area is 130 Å². The minimum atomic E-state index is -0.653. The van der Waals surface area contributed by atoms with Gasteiger partial charge in [-0.05, 0) is 43.7 Å². The maximum Gasteiger partial charge on any atom is 0.375 e. The van der Waals surface area contributed by atoms with Crippen LogP contribution < -0.4 is 5.32 Å². The first kappa shape index (κ1) is 15.3. The number of halogens is 1. The number of aryl methyl sites for hydroxylation is 2. The van der Waals surface area contributed by atoms with Gasteiger partial charge in [0.25, 0.3) is 5.91 Å². The Hall–Kier alpha value is -2.08. The zero-order valence-corrected chi connectivity index (χ0v) is 13.2. The molecule has 0 aliphatic carbocycles.